The highest BCUT2D eigenvalue weighted by Crippen LogP contribution is 2.18. The number of para-hydroxylation sites is 1. The van der Waals surface area contributed by atoms with Gasteiger partial charge in [-0.2, -0.15) is 0 Å². The van der Waals surface area contributed by atoms with Gasteiger partial charge in [0.2, 0.25) is 5.91 Å². The Bertz CT molecular complexity index is 344. The van der Waals surface area contributed by atoms with Gasteiger partial charge < -0.3 is 9.64 Å². The summed E-state index contributed by atoms with van der Waals surface area (Å²) in [7, 11) is 1.81. The fourth-order valence-electron chi connectivity index (χ4n) is 1.93. The predicted octanol–water partition coefficient (Wildman–Crippen LogP) is 2.22. The van der Waals surface area contributed by atoms with Crippen LogP contribution in [0, 0.1) is 0 Å². The Morgan fingerprint density at radius 2 is 2.19 bits per heavy atom. The second-order valence-corrected chi connectivity index (χ2v) is 4.13. The van der Waals surface area contributed by atoms with Gasteiger partial charge in [-0.25, -0.2) is 0 Å². The maximum Gasteiger partial charge on any atom is 0.229 e. The molecule has 2 rings (SSSR count). The van der Waals surface area contributed by atoms with Crippen molar-refractivity contribution in [3.05, 3.63) is 30.3 Å². The third-order valence-electron chi connectivity index (χ3n) is 2.94. The zero-order valence-corrected chi connectivity index (χ0v) is 9.56. The number of benzene rings is 1. The molecule has 3 nitrogen and oxygen atoms in total. The number of nitrogens with zero attached hydrogens (tertiary/aromatic N) is 1. The Balaban J connectivity index is 1.94. The average molecular weight is 219 g/mol. The molecule has 0 aliphatic carbocycles. The minimum atomic E-state index is 0.123. The third-order valence-corrected chi connectivity index (χ3v) is 2.94. The highest BCUT2D eigenvalue weighted by molar-refractivity contribution is 5.93. The summed E-state index contributed by atoms with van der Waals surface area (Å²) in [5.74, 6) is 0.123. The molecule has 0 aromatic heterocycles. The topological polar surface area (TPSA) is 29.5 Å². The zero-order valence-electron chi connectivity index (χ0n) is 9.56. The van der Waals surface area contributed by atoms with Crippen LogP contribution in [0.25, 0.3) is 0 Å². The Morgan fingerprint density at radius 1 is 1.44 bits per heavy atom. The highest BCUT2D eigenvalue weighted by atomic mass is 16.5. The van der Waals surface area contributed by atoms with Crippen LogP contribution in [0.3, 0.4) is 0 Å². The standard InChI is InChI=1S/C13H17NO2/c1-14(11-6-3-2-4-7-11)13(15)10-12-8-5-9-16-12/h2-4,6-7,12H,5,8-10H2,1H3. The van der Waals surface area contributed by atoms with Gasteiger partial charge in [0, 0.05) is 19.3 Å². The van der Waals surface area contributed by atoms with Crippen molar-refractivity contribution in [3.63, 3.8) is 0 Å². The molecule has 0 N–H and O–H groups in total. The summed E-state index contributed by atoms with van der Waals surface area (Å²) in [6.07, 6.45) is 2.70. The molecular formula is C13H17NO2. The maximum absolute atomic E-state index is 11.9. The monoisotopic (exact) mass is 219 g/mol. The van der Waals surface area contributed by atoms with E-state index in [9.17, 15) is 4.79 Å². The number of carbonyl (C=O) groups excluding carboxylic acids is 1. The van der Waals surface area contributed by atoms with E-state index in [1.54, 1.807) is 4.90 Å². The van der Waals surface area contributed by atoms with Crippen molar-refractivity contribution in [1.82, 2.24) is 0 Å². The molecule has 1 aliphatic heterocycles. The van der Waals surface area contributed by atoms with E-state index < -0.39 is 0 Å². The van der Waals surface area contributed by atoms with Crippen molar-refractivity contribution >= 4 is 11.6 Å². The van der Waals surface area contributed by atoms with Gasteiger partial charge in [-0.1, -0.05) is 18.2 Å². The van der Waals surface area contributed by atoms with Crippen LogP contribution in [0.2, 0.25) is 0 Å². The van der Waals surface area contributed by atoms with Crippen molar-refractivity contribution in [2.24, 2.45) is 0 Å². The number of hydrogen-bond acceptors (Lipinski definition) is 2. The van der Waals surface area contributed by atoms with Crippen molar-refractivity contribution < 1.29 is 9.53 Å². The third kappa shape index (κ3) is 2.61. The molecule has 1 unspecified atom stereocenters. The summed E-state index contributed by atoms with van der Waals surface area (Å²) in [4.78, 5) is 13.6. The van der Waals surface area contributed by atoms with E-state index in [0.29, 0.717) is 6.42 Å². The summed E-state index contributed by atoms with van der Waals surface area (Å²) in [6.45, 7) is 0.799. The Labute approximate surface area is 96.0 Å². The largest absolute Gasteiger partial charge is 0.378 e. The lowest BCUT2D eigenvalue weighted by Crippen LogP contribution is -2.29. The quantitative estimate of drug-likeness (QED) is 0.780. The summed E-state index contributed by atoms with van der Waals surface area (Å²) in [5, 5.41) is 0. The zero-order chi connectivity index (χ0) is 11.4. The first-order valence-corrected chi connectivity index (χ1v) is 5.70. The van der Waals surface area contributed by atoms with Gasteiger partial charge in [0.15, 0.2) is 0 Å². The number of amides is 1. The van der Waals surface area contributed by atoms with Gasteiger partial charge in [0.05, 0.1) is 12.5 Å². The molecule has 3 heteroatoms. The summed E-state index contributed by atoms with van der Waals surface area (Å²) < 4.78 is 5.46. The second-order valence-electron chi connectivity index (χ2n) is 4.13. The molecule has 0 saturated carbocycles. The summed E-state index contributed by atoms with van der Waals surface area (Å²) >= 11 is 0. The Morgan fingerprint density at radius 3 is 2.81 bits per heavy atom. The van der Waals surface area contributed by atoms with Crippen LogP contribution in [0.5, 0.6) is 0 Å². The molecule has 86 valence electrons. The minimum Gasteiger partial charge on any atom is -0.378 e. The summed E-state index contributed by atoms with van der Waals surface area (Å²) in [6, 6.07) is 9.69. The van der Waals surface area contributed by atoms with E-state index in [4.69, 9.17) is 4.74 Å². The van der Waals surface area contributed by atoms with Crippen molar-refractivity contribution in [3.8, 4) is 0 Å². The van der Waals surface area contributed by atoms with Crippen LogP contribution < -0.4 is 4.90 Å². The fourth-order valence-corrected chi connectivity index (χ4v) is 1.93. The molecule has 1 saturated heterocycles. The number of anilines is 1. The molecule has 0 radical (unpaired) electrons. The predicted molar refractivity (Wildman–Crippen MR) is 63.4 cm³/mol. The van der Waals surface area contributed by atoms with Crippen molar-refractivity contribution in [2.75, 3.05) is 18.6 Å². The van der Waals surface area contributed by atoms with Gasteiger partial charge in [-0.3, -0.25) is 4.79 Å². The van der Waals surface area contributed by atoms with Gasteiger partial charge >= 0.3 is 0 Å². The number of ether oxygens (including phenoxy) is 1. The summed E-state index contributed by atoms with van der Waals surface area (Å²) in [5.41, 5.74) is 0.936. The minimum absolute atomic E-state index is 0.123. The lowest BCUT2D eigenvalue weighted by molar-refractivity contribution is -0.120. The van der Waals surface area contributed by atoms with Crippen LogP contribution in [-0.2, 0) is 9.53 Å². The molecule has 0 bridgehead atoms. The number of carbonyl (C=O) groups is 1. The number of hydrogen-bond donors (Lipinski definition) is 0. The lowest BCUT2D eigenvalue weighted by atomic mass is 10.1. The van der Waals surface area contributed by atoms with Crippen molar-refractivity contribution in [1.29, 1.82) is 0 Å². The first-order valence-electron chi connectivity index (χ1n) is 5.70. The van der Waals surface area contributed by atoms with E-state index in [1.807, 2.05) is 37.4 Å². The molecule has 1 fully saturated rings. The Hall–Kier alpha value is -1.35. The normalized spacial score (nSPS) is 19.7. The maximum atomic E-state index is 11.9. The molecule has 1 amide bonds. The molecular weight excluding hydrogens is 202 g/mol. The van der Waals surface area contributed by atoms with Crippen LogP contribution in [0.1, 0.15) is 19.3 Å². The smallest absolute Gasteiger partial charge is 0.229 e. The average Bonchev–Trinajstić information content (AvgIpc) is 2.82. The van der Waals surface area contributed by atoms with E-state index in [1.165, 1.54) is 0 Å². The van der Waals surface area contributed by atoms with E-state index in [0.717, 1.165) is 25.1 Å². The van der Waals surface area contributed by atoms with Crippen LogP contribution in [0.4, 0.5) is 5.69 Å². The lowest BCUT2D eigenvalue weighted by Gasteiger charge is -2.19. The fraction of sp³-hybridized carbons (Fsp3) is 0.462. The van der Waals surface area contributed by atoms with E-state index >= 15 is 0 Å². The molecule has 0 spiro atoms. The van der Waals surface area contributed by atoms with Gasteiger partial charge in [-0.15, -0.1) is 0 Å². The molecule has 1 aliphatic rings. The molecule has 1 aromatic carbocycles. The SMILES string of the molecule is CN(C(=O)CC1CCCO1)c1ccccc1. The molecule has 1 aromatic rings. The van der Waals surface area contributed by atoms with Crippen molar-refractivity contribution in [2.45, 2.75) is 25.4 Å². The van der Waals surface area contributed by atoms with Crippen LogP contribution in [0.15, 0.2) is 30.3 Å². The highest BCUT2D eigenvalue weighted by Gasteiger charge is 2.21. The molecule has 16 heavy (non-hydrogen) atoms. The molecule has 1 atom stereocenters. The van der Waals surface area contributed by atoms with Gasteiger partial charge in [0.25, 0.3) is 0 Å². The molecule has 1 heterocycles. The van der Waals surface area contributed by atoms with Crippen LogP contribution in [-0.4, -0.2) is 25.7 Å². The van der Waals surface area contributed by atoms with Crippen LogP contribution >= 0.6 is 0 Å². The van der Waals surface area contributed by atoms with Gasteiger partial charge in [-0.05, 0) is 25.0 Å². The Kier molecular flexibility index (Phi) is 3.57. The van der Waals surface area contributed by atoms with E-state index in [2.05, 4.69) is 0 Å². The first-order chi connectivity index (χ1) is 7.77. The second kappa shape index (κ2) is 5.12. The van der Waals surface area contributed by atoms with E-state index in [-0.39, 0.29) is 12.0 Å². The number of rotatable bonds is 3. The van der Waals surface area contributed by atoms with Gasteiger partial charge in [0.1, 0.15) is 0 Å². The first kappa shape index (κ1) is 11.1.